The summed E-state index contributed by atoms with van der Waals surface area (Å²) in [5, 5.41) is 0.715. The Balaban J connectivity index is 1.81. The summed E-state index contributed by atoms with van der Waals surface area (Å²) in [6.07, 6.45) is 0. The van der Waals surface area contributed by atoms with Crippen molar-refractivity contribution in [3.8, 4) is 5.75 Å². The Bertz CT molecular complexity index is 596. The van der Waals surface area contributed by atoms with Crippen LogP contribution in [-0.2, 0) is 16.1 Å². The van der Waals surface area contributed by atoms with Crippen LogP contribution in [0.2, 0.25) is 5.02 Å². The highest BCUT2D eigenvalue weighted by atomic mass is 35.5. The van der Waals surface area contributed by atoms with Crippen LogP contribution < -0.4 is 4.74 Å². The number of halogens is 1. The molecule has 0 atom stereocenters. The Morgan fingerprint density at radius 2 is 1.77 bits per heavy atom. The smallest absolute Gasteiger partial charge is 0.316 e. The normalized spacial score (nSPS) is 10.3. The molecule has 5 heteroatoms. The molecule has 0 aliphatic rings. The molecule has 2 aromatic rings. The van der Waals surface area contributed by atoms with Crippen LogP contribution in [0.25, 0.3) is 0 Å². The Morgan fingerprint density at radius 3 is 2.41 bits per heavy atom. The zero-order chi connectivity index (χ0) is 15.8. The van der Waals surface area contributed by atoms with E-state index in [0.717, 1.165) is 16.2 Å². The number of carbonyl (C=O) groups excluding carboxylic acids is 1. The van der Waals surface area contributed by atoms with Crippen molar-refractivity contribution in [3.05, 3.63) is 59.1 Å². The van der Waals surface area contributed by atoms with Crippen LogP contribution in [0.15, 0.2) is 53.4 Å². The SMILES string of the molecule is CCOC(=O)CSc1ccc(OCc2ccc(Cl)cc2)cc1. The molecule has 0 spiro atoms. The highest BCUT2D eigenvalue weighted by Gasteiger charge is 2.03. The third-order valence-corrected chi connectivity index (χ3v) is 4.04. The monoisotopic (exact) mass is 336 g/mol. The molecule has 2 rings (SSSR count). The van der Waals surface area contributed by atoms with Crippen LogP contribution in [0.5, 0.6) is 5.75 Å². The zero-order valence-corrected chi connectivity index (χ0v) is 13.8. The summed E-state index contributed by atoms with van der Waals surface area (Å²) in [5.74, 6) is 0.907. The summed E-state index contributed by atoms with van der Waals surface area (Å²) in [5.41, 5.74) is 1.06. The number of rotatable bonds is 7. The molecule has 0 saturated heterocycles. The Labute approximate surface area is 139 Å². The van der Waals surface area contributed by atoms with Crippen molar-refractivity contribution in [2.75, 3.05) is 12.4 Å². The lowest BCUT2D eigenvalue weighted by Crippen LogP contribution is -2.06. The van der Waals surface area contributed by atoms with Gasteiger partial charge in [0.1, 0.15) is 12.4 Å². The molecule has 22 heavy (non-hydrogen) atoms. The Morgan fingerprint density at radius 1 is 1.09 bits per heavy atom. The van der Waals surface area contributed by atoms with E-state index in [2.05, 4.69) is 0 Å². The van der Waals surface area contributed by atoms with Gasteiger partial charge in [-0.3, -0.25) is 4.79 Å². The summed E-state index contributed by atoms with van der Waals surface area (Å²) in [4.78, 5) is 12.3. The molecule has 116 valence electrons. The van der Waals surface area contributed by atoms with E-state index in [0.29, 0.717) is 24.0 Å². The van der Waals surface area contributed by atoms with Gasteiger partial charge in [-0.15, -0.1) is 11.8 Å². The molecule has 0 aliphatic carbocycles. The van der Waals surface area contributed by atoms with Gasteiger partial charge < -0.3 is 9.47 Å². The highest BCUT2D eigenvalue weighted by molar-refractivity contribution is 8.00. The lowest BCUT2D eigenvalue weighted by atomic mass is 10.2. The van der Waals surface area contributed by atoms with Crippen LogP contribution in [0.1, 0.15) is 12.5 Å². The van der Waals surface area contributed by atoms with E-state index < -0.39 is 0 Å². The average molecular weight is 337 g/mol. The van der Waals surface area contributed by atoms with Crippen LogP contribution in [-0.4, -0.2) is 18.3 Å². The minimum Gasteiger partial charge on any atom is -0.489 e. The number of hydrogen-bond donors (Lipinski definition) is 0. The first kappa shape index (κ1) is 16.7. The van der Waals surface area contributed by atoms with E-state index in [-0.39, 0.29) is 5.97 Å². The van der Waals surface area contributed by atoms with Gasteiger partial charge in [-0.05, 0) is 48.9 Å². The van der Waals surface area contributed by atoms with Gasteiger partial charge in [0.05, 0.1) is 12.4 Å². The van der Waals surface area contributed by atoms with E-state index in [4.69, 9.17) is 21.1 Å². The van der Waals surface area contributed by atoms with Crippen LogP contribution >= 0.6 is 23.4 Å². The third kappa shape index (κ3) is 5.62. The number of benzene rings is 2. The largest absolute Gasteiger partial charge is 0.489 e. The van der Waals surface area contributed by atoms with Gasteiger partial charge in [0.15, 0.2) is 0 Å². The maximum absolute atomic E-state index is 11.3. The first-order valence-electron chi connectivity index (χ1n) is 6.93. The van der Waals surface area contributed by atoms with Gasteiger partial charge in [0.2, 0.25) is 0 Å². The number of carbonyl (C=O) groups is 1. The summed E-state index contributed by atoms with van der Waals surface area (Å²) >= 11 is 7.29. The van der Waals surface area contributed by atoms with E-state index in [1.165, 1.54) is 11.8 Å². The maximum Gasteiger partial charge on any atom is 0.316 e. The molecule has 3 nitrogen and oxygen atoms in total. The summed E-state index contributed by atoms with van der Waals surface area (Å²) in [6, 6.07) is 15.2. The molecular weight excluding hydrogens is 320 g/mol. The highest BCUT2D eigenvalue weighted by Crippen LogP contribution is 2.22. The quantitative estimate of drug-likeness (QED) is 0.548. The molecule has 2 aromatic carbocycles. The first-order chi connectivity index (χ1) is 10.7. The fourth-order valence-corrected chi connectivity index (χ4v) is 2.55. The number of esters is 1. The fourth-order valence-electron chi connectivity index (χ4n) is 1.72. The number of thioether (sulfide) groups is 1. The lowest BCUT2D eigenvalue weighted by Gasteiger charge is -2.07. The zero-order valence-electron chi connectivity index (χ0n) is 12.3. The fraction of sp³-hybridized carbons (Fsp3) is 0.235. The van der Waals surface area contributed by atoms with Crippen LogP contribution in [0, 0.1) is 0 Å². The van der Waals surface area contributed by atoms with Crippen molar-refractivity contribution < 1.29 is 14.3 Å². The Hall–Kier alpha value is -1.65. The Kier molecular flexibility index (Phi) is 6.62. The van der Waals surface area contributed by atoms with E-state index in [1.54, 1.807) is 6.92 Å². The summed E-state index contributed by atoms with van der Waals surface area (Å²) in [7, 11) is 0. The molecule has 0 aliphatic heterocycles. The van der Waals surface area contributed by atoms with Crippen LogP contribution in [0.3, 0.4) is 0 Å². The number of ether oxygens (including phenoxy) is 2. The van der Waals surface area contributed by atoms with Crippen molar-refractivity contribution >= 4 is 29.3 Å². The minimum absolute atomic E-state index is 0.199. The van der Waals surface area contributed by atoms with Gasteiger partial charge in [0, 0.05) is 9.92 Å². The molecular formula is C17H17ClO3S. The maximum atomic E-state index is 11.3. The van der Waals surface area contributed by atoms with Gasteiger partial charge in [0.25, 0.3) is 0 Å². The molecule has 0 amide bonds. The van der Waals surface area contributed by atoms with E-state index >= 15 is 0 Å². The van der Waals surface area contributed by atoms with Gasteiger partial charge in [-0.2, -0.15) is 0 Å². The summed E-state index contributed by atoms with van der Waals surface area (Å²) < 4.78 is 10.6. The number of hydrogen-bond acceptors (Lipinski definition) is 4. The molecule has 0 unspecified atom stereocenters. The van der Waals surface area contributed by atoms with E-state index in [1.807, 2.05) is 48.5 Å². The van der Waals surface area contributed by atoms with Gasteiger partial charge in [-0.1, -0.05) is 23.7 Å². The second-order valence-electron chi connectivity index (χ2n) is 4.48. The molecule has 0 aromatic heterocycles. The molecule has 0 bridgehead atoms. The molecule has 0 radical (unpaired) electrons. The van der Waals surface area contributed by atoms with Crippen molar-refractivity contribution in [3.63, 3.8) is 0 Å². The topological polar surface area (TPSA) is 35.5 Å². The van der Waals surface area contributed by atoms with E-state index in [9.17, 15) is 4.79 Å². The van der Waals surface area contributed by atoms with Gasteiger partial charge >= 0.3 is 5.97 Å². The van der Waals surface area contributed by atoms with Crippen molar-refractivity contribution in [1.82, 2.24) is 0 Å². The van der Waals surface area contributed by atoms with Crippen LogP contribution in [0.4, 0.5) is 0 Å². The van der Waals surface area contributed by atoms with Crippen molar-refractivity contribution in [1.29, 1.82) is 0 Å². The van der Waals surface area contributed by atoms with Gasteiger partial charge in [-0.25, -0.2) is 0 Å². The second kappa shape index (κ2) is 8.71. The average Bonchev–Trinajstić information content (AvgIpc) is 2.54. The predicted molar refractivity (Wildman–Crippen MR) is 89.6 cm³/mol. The predicted octanol–water partition coefficient (Wildman–Crippen LogP) is 4.57. The van der Waals surface area contributed by atoms with Crippen molar-refractivity contribution in [2.24, 2.45) is 0 Å². The second-order valence-corrected chi connectivity index (χ2v) is 5.97. The summed E-state index contributed by atoms with van der Waals surface area (Å²) in [6.45, 7) is 2.71. The van der Waals surface area contributed by atoms with Crippen molar-refractivity contribution in [2.45, 2.75) is 18.4 Å². The molecule has 0 fully saturated rings. The minimum atomic E-state index is -0.199. The standard InChI is InChI=1S/C17H17ClO3S/c1-2-20-17(19)12-22-16-9-7-15(8-10-16)21-11-13-3-5-14(18)6-4-13/h3-10H,2,11-12H2,1H3. The molecule has 0 N–H and O–H groups in total. The molecule has 0 saturated carbocycles. The third-order valence-electron chi connectivity index (χ3n) is 2.80. The molecule has 0 heterocycles. The first-order valence-corrected chi connectivity index (χ1v) is 8.29. The lowest BCUT2D eigenvalue weighted by molar-refractivity contribution is -0.139.